The molecule has 0 spiro atoms. The Kier molecular flexibility index (Phi) is 5.45. The number of carbonyl (C=O) groups excluding carboxylic acids is 1. The molecule has 20 heavy (non-hydrogen) atoms. The minimum atomic E-state index is -0.273. The summed E-state index contributed by atoms with van der Waals surface area (Å²) in [4.78, 5) is 13.4. The van der Waals surface area contributed by atoms with Crippen molar-refractivity contribution in [3.05, 3.63) is 29.8 Å². The van der Waals surface area contributed by atoms with Crippen molar-refractivity contribution in [2.24, 2.45) is 0 Å². The molecule has 1 aliphatic heterocycles. The van der Waals surface area contributed by atoms with Crippen LogP contribution in [-0.4, -0.2) is 38.9 Å². The molecule has 0 aliphatic carbocycles. The normalized spacial score (nSPS) is 14.3. The molecule has 0 amide bonds. The summed E-state index contributed by atoms with van der Waals surface area (Å²) >= 11 is 0. The Morgan fingerprint density at radius 3 is 2.65 bits per heavy atom. The first-order valence-electron chi connectivity index (χ1n) is 6.87. The lowest BCUT2D eigenvalue weighted by atomic mass is 10.2. The van der Waals surface area contributed by atoms with Gasteiger partial charge in [-0.3, -0.25) is 4.79 Å². The molecule has 4 heteroatoms. The number of nitrogens with zero attached hydrogens (tertiary/aromatic N) is 1. The molecule has 4 nitrogen and oxygen atoms in total. The second kappa shape index (κ2) is 7.56. The molecule has 1 saturated heterocycles. The molecule has 106 valence electrons. The molecule has 2 rings (SSSR count). The van der Waals surface area contributed by atoms with E-state index in [4.69, 9.17) is 9.47 Å². The van der Waals surface area contributed by atoms with Gasteiger partial charge in [-0.2, -0.15) is 0 Å². The zero-order valence-electron chi connectivity index (χ0n) is 11.7. The van der Waals surface area contributed by atoms with Gasteiger partial charge in [0.05, 0.1) is 19.8 Å². The molecule has 0 aromatic heterocycles. The Labute approximate surface area is 119 Å². The number of carbonyl (C=O) groups is 1. The summed E-state index contributed by atoms with van der Waals surface area (Å²) in [6, 6.07) is 8.06. The van der Waals surface area contributed by atoms with E-state index in [1.807, 2.05) is 12.1 Å². The standard InChI is InChI=1S/C16H19NO3/c1-2-20-16(18)5-3-4-14-6-8-15(9-7-14)17-10-12-19-13-11-17/h6-9H,2,5,10-13H2,1H3. The Hall–Kier alpha value is -1.99. The Morgan fingerprint density at radius 1 is 1.30 bits per heavy atom. The molecule has 1 fully saturated rings. The van der Waals surface area contributed by atoms with E-state index in [1.54, 1.807) is 6.92 Å². The zero-order valence-corrected chi connectivity index (χ0v) is 11.7. The third-order valence-corrected chi connectivity index (χ3v) is 3.01. The van der Waals surface area contributed by atoms with Gasteiger partial charge in [0.2, 0.25) is 0 Å². The second-order valence-electron chi connectivity index (χ2n) is 4.43. The van der Waals surface area contributed by atoms with E-state index >= 15 is 0 Å². The van der Waals surface area contributed by atoms with Crippen molar-refractivity contribution >= 4 is 11.7 Å². The predicted molar refractivity (Wildman–Crippen MR) is 77.6 cm³/mol. The average Bonchev–Trinajstić information content (AvgIpc) is 2.49. The van der Waals surface area contributed by atoms with E-state index in [1.165, 1.54) is 5.69 Å². The first kappa shape index (κ1) is 14.4. The molecular weight excluding hydrogens is 254 g/mol. The summed E-state index contributed by atoms with van der Waals surface area (Å²) in [5.41, 5.74) is 2.09. The Balaban J connectivity index is 1.91. The van der Waals surface area contributed by atoms with Gasteiger partial charge in [0.25, 0.3) is 0 Å². The molecule has 1 heterocycles. The molecule has 1 aliphatic rings. The quantitative estimate of drug-likeness (QED) is 0.622. The summed E-state index contributed by atoms with van der Waals surface area (Å²) in [6.45, 7) is 5.59. The topological polar surface area (TPSA) is 38.8 Å². The van der Waals surface area contributed by atoms with E-state index in [2.05, 4.69) is 28.9 Å². The summed E-state index contributed by atoms with van der Waals surface area (Å²) in [5.74, 6) is 5.52. The zero-order chi connectivity index (χ0) is 14.2. The maximum atomic E-state index is 11.2. The Morgan fingerprint density at radius 2 is 2.00 bits per heavy atom. The second-order valence-corrected chi connectivity index (χ2v) is 4.43. The van der Waals surface area contributed by atoms with Gasteiger partial charge in [-0.15, -0.1) is 0 Å². The van der Waals surface area contributed by atoms with Crippen LogP contribution in [0.25, 0.3) is 0 Å². The van der Waals surface area contributed by atoms with Crippen molar-refractivity contribution in [1.82, 2.24) is 0 Å². The lowest BCUT2D eigenvalue weighted by Gasteiger charge is -2.28. The van der Waals surface area contributed by atoms with E-state index in [9.17, 15) is 4.79 Å². The lowest BCUT2D eigenvalue weighted by molar-refractivity contribution is -0.141. The van der Waals surface area contributed by atoms with E-state index in [0.717, 1.165) is 31.9 Å². The highest BCUT2D eigenvalue weighted by atomic mass is 16.5. The van der Waals surface area contributed by atoms with Crippen molar-refractivity contribution in [2.75, 3.05) is 37.8 Å². The molecular formula is C16H19NO3. The van der Waals surface area contributed by atoms with Crippen LogP contribution in [0.5, 0.6) is 0 Å². The molecule has 0 radical (unpaired) electrons. The van der Waals surface area contributed by atoms with Gasteiger partial charge in [0.1, 0.15) is 6.42 Å². The monoisotopic (exact) mass is 273 g/mol. The highest BCUT2D eigenvalue weighted by molar-refractivity contribution is 5.72. The van der Waals surface area contributed by atoms with Crippen LogP contribution in [0.4, 0.5) is 5.69 Å². The van der Waals surface area contributed by atoms with E-state index < -0.39 is 0 Å². The highest BCUT2D eigenvalue weighted by Gasteiger charge is 2.10. The van der Waals surface area contributed by atoms with Crippen LogP contribution in [0.15, 0.2) is 24.3 Å². The number of ether oxygens (including phenoxy) is 2. The van der Waals surface area contributed by atoms with Crippen LogP contribution >= 0.6 is 0 Å². The smallest absolute Gasteiger partial charge is 0.317 e. The van der Waals surface area contributed by atoms with Crippen molar-refractivity contribution in [1.29, 1.82) is 0 Å². The van der Waals surface area contributed by atoms with E-state index in [0.29, 0.717) is 6.61 Å². The van der Waals surface area contributed by atoms with Crippen LogP contribution in [0.1, 0.15) is 18.9 Å². The fourth-order valence-corrected chi connectivity index (χ4v) is 2.01. The number of rotatable bonds is 3. The fraction of sp³-hybridized carbons (Fsp3) is 0.438. The first-order chi connectivity index (χ1) is 9.79. The SMILES string of the molecule is CCOC(=O)CC#Cc1ccc(N2CCOCC2)cc1. The molecule has 0 saturated carbocycles. The first-order valence-corrected chi connectivity index (χ1v) is 6.87. The molecule has 1 aromatic carbocycles. The van der Waals surface area contributed by atoms with Crippen molar-refractivity contribution in [3.63, 3.8) is 0 Å². The van der Waals surface area contributed by atoms with Crippen LogP contribution in [0, 0.1) is 11.8 Å². The minimum absolute atomic E-state index is 0.138. The summed E-state index contributed by atoms with van der Waals surface area (Å²) in [6.07, 6.45) is 0.138. The lowest BCUT2D eigenvalue weighted by Crippen LogP contribution is -2.36. The third-order valence-electron chi connectivity index (χ3n) is 3.01. The minimum Gasteiger partial charge on any atom is -0.465 e. The van der Waals surface area contributed by atoms with Gasteiger partial charge in [-0.25, -0.2) is 0 Å². The van der Waals surface area contributed by atoms with Gasteiger partial charge < -0.3 is 14.4 Å². The average molecular weight is 273 g/mol. The highest BCUT2D eigenvalue weighted by Crippen LogP contribution is 2.16. The van der Waals surface area contributed by atoms with Gasteiger partial charge in [0, 0.05) is 24.3 Å². The van der Waals surface area contributed by atoms with Crippen LogP contribution in [0.2, 0.25) is 0 Å². The molecule has 1 aromatic rings. The predicted octanol–water partition coefficient (Wildman–Crippen LogP) is 1.83. The number of esters is 1. The molecule has 0 unspecified atom stereocenters. The summed E-state index contributed by atoms with van der Waals surface area (Å²) in [7, 11) is 0. The fourth-order valence-electron chi connectivity index (χ4n) is 2.01. The number of morpholine rings is 1. The Bertz CT molecular complexity index is 493. The number of hydrogen-bond acceptors (Lipinski definition) is 4. The van der Waals surface area contributed by atoms with Crippen LogP contribution in [-0.2, 0) is 14.3 Å². The van der Waals surface area contributed by atoms with E-state index in [-0.39, 0.29) is 12.4 Å². The van der Waals surface area contributed by atoms with Gasteiger partial charge in [-0.1, -0.05) is 11.8 Å². The van der Waals surface area contributed by atoms with Crippen molar-refractivity contribution in [3.8, 4) is 11.8 Å². The molecule has 0 atom stereocenters. The molecule has 0 bridgehead atoms. The largest absolute Gasteiger partial charge is 0.465 e. The van der Waals surface area contributed by atoms with Crippen molar-refractivity contribution in [2.45, 2.75) is 13.3 Å². The summed E-state index contributed by atoms with van der Waals surface area (Å²) < 4.78 is 10.2. The maximum absolute atomic E-state index is 11.2. The number of anilines is 1. The number of benzene rings is 1. The summed E-state index contributed by atoms with van der Waals surface area (Å²) in [5, 5.41) is 0. The van der Waals surface area contributed by atoms with Crippen molar-refractivity contribution < 1.29 is 14.3 Å². The van der Waals surface area contributed by atoms with Crippen LogP contribution in [0.3, 0.4) is 0 Å². The van der Waals surface area contributed by atoms with Gasteiger partial charge in [-0.05, 0) is 31.2 Å². The maximum Gasteiger partial charge on any atom is 0.317 e. The van der Waals surface area contributed by atoms with Gasteiger partial charge >= 0.3 is 5.97 Å². The van der Waals surface area contributed by atoms with Crippen LogP contribution < -0.4 is 4.90 Å². The molecule has 0 N–H and O–H groups in total. The van der Waals surface area contributed by atoms with Gasteiger partial charge in [0.15, 0.2) is 0 Å². The third kappa shape index (κ3) is 4.29. The number of hydrogen-bond donors (Lipinski definition) is 0.